The van der Waals surface area contributed by atoms with Crippen LogP contribution in [-0.2, 0) is 0 Å². The van der Waals surface area contributed by atoms with E-state index in [4.69, 9.17) is 9.47 Å². The van der Waals surface area contributed by atoms with Gasteiger partial charge in [0.2, 0.25) is 0 Å². The number of urea groups is 1. The molecule has 6 nitrogen and oxygen atoms in total. The van der Waals surface area contributed by atoms with Crippen molar-refractivity contribution >= 4 is 28.2 Å². The molecule has 0 atom stereocenters. The second-order valence-corrected chi connectivity index (χ2v) is 7.32. The van der Waals surface area contributed by atoms with Gasteiger partial charge in [-0.25, -0.2) is 9.78 Å². The molecule has 2 N–H and O–H groups in total. The van der Waals surface area contributed by atoms with Crippen molar-refractivity contribution in [3.8, 4) is 22.8 Å². The van der Waals surface area contributed by atoms with E-state index in [1.807, 2.05) is 5.38 Å². The fourth-order valence-corrected chi connectivity index (χ4v) is 3.88. The molecule has 2 amide bonds. The zero-order chi connectivity index (χ0) is 20.3. The molecule has 0 aliphatic heterocycles. The Bertz CT molecular complexity index is 991. The van der Waals surface area contributed by atoms with Crippen LogP contribution in [0.15, 0.2) is 35.7 Å². The maximum atomic E-state index is 12.4. The lowest BCUT2D eigenvalue weighted by Gasteiger charge is -2.11. The van der Waals surface area contributed by atoms with E-state index in [0.29, 0.717) is 22.3 Å². The lowest BCUT2D eigenvalue weighted by atomic mass is 9.98. The highest BCUT2D eigenvalue weighted by molar-refractivity contribution is 7.14. The van der Waals surface area contributed by atoms with E-state index in [1.165, 1.54) is 35.1 Å². The van der Waals surface area contributed by atoms with E-state index in [9.17, 15) is 4.79 Å². The molecule has 0 saturated carbocycles. The third-order valence-corrected chi connectivity index (χ3v) is 5.07. The van der Waals surface area contributed by atoms with E-state index < -0.39 is 0 Å². The number of hydrogen-bond acceptors (Lipinski definition) is 5. The Morgan fingerprint density at radius 3 is 2.36 bits per heavy atom. The SMILES string of the molecule is COc1ccc(NC(=O)Nc2nc(-c3c(C)cc(C)cc3C)cs2)c(OC)c1. The van der Waals surface area contributed by atoms with Gasteiger partial charge in [-0.3, -0.25) is 5.32 Å². The second-order valence-electron chi connectivity index (χ2n) is 6.46. The molecule has 0 aliphatic rings. The summed E-state index contributed by atoms with van der Waals surface area (Å²) in [6, 6.07) is 9.07. The number of anilines is 2. The molecule has 1 heterocycles. The first-order valence-electron chi connectivity index (χ1n) is 8.75. The third-order valence-electron chi connectivity index (χ3n) is 4.31. The first-order chi connectivity index (χ1) is 13.4. The molecule has 0 aliphatic carbocycles. The van der Waals surface area contributed by atoms with Gasteiger partial charge in [0.1, 0.15) is 11.5 Å². The van der Waals surface area contributed by atoms with Crippen molar-refractivity contribution in [3.63, 3.8) is 0 Å². The number of thiazole rings is 1. The highest BCUT2D eigenvalue weighted by atomic mass is 32.1. The fourth-order valence-electron chi connectivity index (χ4n) is 3.18. The molecule has 0 bridgehead atoms. The molecule has 3 rings (SSSR count). The number of hydrogen-bond donors (Lipinski definition) is 2. The van der Waals surface area contributed by atoms with Crippen LogP contribution in [0.25, 0.3) is 11.3 Å². The summed E-state index contributed by atoms with van der Waals surface area (Å²) in [6.45, 7) is 6.23. The number of ether oxygens (including phenoxy) is 2. The van der Waals surface area contributed by atoms with Gasteiger partial charge in [-0.1, -0.05) is 17.7 Å². The molecular weight excluding hydrogens is 374 g/mol. The molecule has 2 aromatic carbocycles. The summed E-state index contributed by atoms with van der Waals surface area (Å²) in [4.78, 5) is 17.0. The molecule has 1 aromatic heterocycles. The molecule has 28 heavy (non-hydrogen) atoms. The Balaban J connectivity index is 1.75. The van der Waals surface area contributed by atoms with Crippen molar-refractivity contribution in [2.75, 3.05) is 24.9 Å². The highest BCUT2D eigenvalue weighted by Gasteiger charge is 2.14. The molecule has 3 aromatic rings. The lowest BCUT2D eigenvalue weighted by molar-refractivity contribution is 0.262. The van der Waals surface area contributed by atoms with Crippen molar-refractivity contribution in [2.45, 2.75) is 20.8 Å². The zero-order valence-electron chi connectivity index (χ0n) is 16.5. The maximum absolute atomic E-state index is 12.4. The van der Waals surface area contributed by atoms with E-state index in [-0.39, 0.29) is 6.03 Å². The monoisotopic (exact) mass is 397 g/mol. The molecule has 146 valence electrons. The van der Waals surface area contributed by atoms with E-state index in [2.05, 4.69) is 48.5 Å². The Hall–Kier alpha value is -3.06. The summed E-state index contributed by atoms with van der Waals surface area (Å²) >= 11 is 1.39. The van der Waals surface area contributed by atoms with Gasteiger partial charge in [-0.2, -0.15) is 0 Å². The highest BCUT2D eigenvalue weighted by Crippen LogP contribution is 2.32. The van der Waals surface area contributed by atoms with Crippen molar-refractivity contribution in [3.05, 3.63) is 52.4 Å². The largest absolute Gasteiger partial charge is 0.497 e. The Morgan fingerprint density at radius 2 is 1.71 bits per heavy atom. The molecular formula is C21H23N3O3S. The summed E-state index contributed by atoms with van der Waals surface area (Å²) in [5.41, 5.74) is 6.07. The van der Waals surface area contributed by atoms with Crippen molar-refractivity contribution in [1.29, 1.82) is 0 Å². The molecule has 0 radical (unpaired) electrons. The van der Waals surface area contributed by atoms with Crippen molar-refractivity contribution < 1.29 is 14.3 Å². The first kappa shape index (κ1) is 19.7. The number of nitrogens with zero attached hydrogens (tertiary/aromatic N) is 1. The summed E-state index contributed by atoms with van der Waals surface area (Å²) in [5, 5.41) is 8.04. The molecule has 0 spiro atoms. The summed E-state index contributed by atoms with van der Waals surface area (Å²) in [6.07, 6.45) is 0. The predicted molar refractivity (Wildman–Crippen MR) is 114 cm³/mol. The van der Waals surface area contributed by atoms with Crippen molar-refractivity contribution in [2.24, 2.45) is 0 Å². The van der Waals surface area contributed by atoms with Crippen LogP contribution in [0.5, 0.6) is 11.5 Å². The number of carbonyl (C=O) groups is 1. The van der Waals surface area contributed by atoms with Crippen LogP contribution in [0.2, 0.25) is 0 Å². The second kappa shape index (κ2) is 8.31. The predicted octanol–water partition coefficient (Wildman–Crippen LogP) is 5.40. The standard InChI is InChI=1S/C21H23N3O3S/c1-12-8-13(2)19(14(3)9-12)17-11-28-21(23-17)24-20(25)22-16-7-6-15(26-4)10-18(16)27-5/h6-11H,1-5H3,(H2,22,23,24,25). The minimum atomic E-state index is -0.387. The quantitative estimate of drug-likeness (QED) is 0.605. The number of aryl methyl sites for hydroxylation is 3. The van der Waals surface area contributed by atoms with E-state index >= 15 is 0 Å². The van der Waals surface area contributed by atoms with Crippen LogP contribution >= 0.6 is 11.3 Å². The van der Waals surface area contributed by atoms with E-state index in [0.717, 1.165) is 11.3 Å². The van der Waals surface area contributed by atoms with Crippen LogP contribution in [0.3, 0.4) is 0 Å². The van der Waals surface area contributed by atoms with Gasteiger partial charge >= 0.3 is 6.03 Å². The summed E-state index contributed by atoms with van der Waals surface area (Å²) in [5.74, 6) is 1.16. The van der Waals surface area contributed by atoms with Gasteiger partial charge in [0.05, 0.1) is 25.6 Å². The van der Waals surface area contributed by atoms with Crippen LogP contribution in [-0.4, -0.2) is 25.2 Å². The number of carbonyl (C=O) groups excluding carboxylic acids is 1. The van der Waals surface area contributed by atoms with Gasteiger partial charge in [-0.15, -0.1) is 11.3 Å². The number of benzene rings is 2. The Morgan fingerprint density at radius 1 is 1.00 bits per heavy atom. The van der Waals surface area contributed by atoms with Gasteiger partial charge in [0.15, 0.2) is 5.13 Å². The van der Waals surface area contributed by atoms with Gasteiger partial charge < -0.3 is 14.8 Å². The lowest BCUT2D eigenvalue weighted by Crippen LogP contribution is -2.19. The minimum Gasteiger partial charge on any atom is -0.497 e. The van der Waals surface area contributed by atoms with Gasteiger partial charge in [0, 0.05) is 17.0 Å². The van der Waals surface area contributed by atoms with Crippen LogP contribution < -0.4 is 20.1 Å². The number of rotatable bonds is 5. The van der Waals surface area contributed by atoms with Gasteiger partial charge in [-0.05, 0) is 44.0 Å². The molecule has 7 heteroatoms. The van der Waals surface area contributed by atoms with Crippen LogP contribution in [0.4, 0.5) is 15.6 Å². The normalized spacial score (nSPS) is 10.5. The fraction of sp³-hybridized carbons (Fsp3) is 0.238. The number of amides is 2. The van der Waals surface area contributed by atoms with Crippen molar-refractivity contribution in [1.82, 2.24) is 4.98 Å². The molecule has 0 fully saturated rings. The number of methoxy groups -OCH3 is 2. The molecule has 0 saturated heterocycles. The average molecular weight is 398 g/mol. The van der Waals surface area contributed by atoms with Crippen LogP contribution in [0, 0.1) is 20.8 Å². The molecule has 0 unspecified atom stereocenters. The van der Waals surface area contributed by atoms with Crippen LogP contribution in [0.1, 0.15) is 16.7 Å². The van der Waals surface area contributed by atoms with Gasteiger partial charge in [0.25, 0.3) is 0 Å². The topological polar surface area (TPSA) is 72.5 Å². The Kier molecular flexibility index (Phi) is 5.84. The smallest absolute Gasteiger partial charge is 0.325 e. The summed E-state index contributed by atoms with van der Waals surface area (Å²) in [7, 11) is 3.11. The Labute approximate surface area is 168 Å². The third kappa shape index (κ3) is 4.26. The minimum absolute atomic E-state index is 0.387. The first-order valence-corrected chi connectivity index (χ1v) is 9.63. The van der Waals surface area contributed by atoms with E-state index in [1.54, 1.807) is 25.3 Å². The number of aromatic nitrogens is 1. The number of nitrogens with one attached hydrogen (secondary N) is 2. The zero-order valence-corrected chi connectivity index (χ0v) is 17.4. The summed E-state index contributed by atoms with van der Waals surface area (Å²) < 4.78 is 10.5. The average Bonchev–Trinajstić information content (AvgIpc) is 3.08. The maximum Gasteiger partial charge on any atom is 0.325 e.